The summed E-state index contributed by atoms with van der Waals surface area (Å²) in [6, 6.07) is 17.3. The SMILES string of the molecule is CCCCCCCCCc1ccc(OCCOCCOCCOCCOCCOCCOCCOCCOCCOCCOCCOCCOC(=O)c2ccccc2)cc1. The van der Waals surface area contributed by atoms with Crippen LogP contribution in [0.4, 0.5) is 0 Å². The molecule has 0 heterocycles. The molecular formula is C46H76O14. The summed E-state index contributed by atoms with van der Waals surface area (Å²) >= 11 is 0. The van der Waals surface area contributed by atoms with Gasteiger partial charge in [-0.15, -0.1) is 0 Å². The molecule has 344 valence electrons. The number of carbonyl (C=O) groups excluding carboxylic acids is 1. The first-order chi connectivity index (χ1) is 29.8. The quantitative estimate of drug-likeness (QED) is 0.0537. The molecule has 0 unspecified atom stereocenters. The van der Waals surface area contributed by atoms with Crippen molar-refractivity contribution in [2.75, 3.05) is 159 Å². The van der Waals surface area contributed by atoms with Crippen LogP contribution in [0, 0.1) is 0 Å². The number of hydrogen-bond donors (Lipinski definition) is 0. The van der Waals surface area contributed by atoms with Crippen LogP contribution in [0.1, 0.15) is 67.8 Å². The van der Waals surface area contributed by atoms with Gasteiger partial charge in [-0.2, -0.15) is 0 Å². The third kappa shape index (κ3) is 34.9. The van der Waals surface area contributed by atoms with Crippen LogP contribution < -0.4 is 4.74 Å². The molecule has 0 saturated carbocycles. The van der Waals surface area contributed by atoms with E-state index in [-0.39, 0.29) is 12.6 Å². The molecule has 0 aliphatic rings. The lowest BCUT2D eigenvalue weighted by atomic mass is 10.0. The number of benzene rings is 2. The summed E-state index contributed by atoms with van der Waals surface area (Å²) in [5, 5.41) is 0. The summed E-state index contributed by atoms with van der Waals surface area (Å²) in [5.41, 5.74) is 1.90. The highest BCUT2D eigenvalue weighted by molar-refractivity contribution is 5.89. The number of unbranched alkanes of at least 4 members (excludes halogenated alkanes) is 6. The summed E-state index contributed by atoms with van der Waals surface area (Å²) in [4.78, 5) is 11.8. The molecule has 14 nitrogen and oxygen atoms in total. The van der Waals surface area contributed by atoms with Crippen LogP contribution in [-0.2, 0) is 63.3 Å². The Balaban J connectivity index is 1.16. The van der Waals surface area contributed by atoms with E-state index in [1.165, 1.54) is 50.5 Å². The zero-order valence-corrected chi connectivity index (χ0v) is 36.5. The van der Waals surface area contributed by atoms with Gasteiger partial charge in [0.15, 0.2) is 0 Å². The van der Waals surface area contributed by atoms with Crippen LogP contribution in [0.25, 0.3) is 0 Å². The molecule has 0 spiro atoms. The summed E-state index contributed by atoms with van der Waals surface area (Å²) in [5.74, 6) is 0.526. The van der Waals surface area contributed by atoms with Gasteiger partial charge >= 0.3 is 5.97 Å². The topological polar surface area (TPSA) is 137 Å². The van der Waals surface area contributed by atoms with Crippen molar-refractivity contribution in [1.82, 2.24) is 0 Å². The summed E-state index contributed by atoms with van der Waals surface area (Å²) in [7, 11) is 0. The van der Waals surface area contributed by atoms with Gasteiger partial charge < -0.3 is 61.6 Å². The van der Waals surface area contributed by atoms with Gasteiger partial charge in [-0.3, -0.25) is 0 Å². The zero-order chi connectivity index (χ0) is 42.5. The van der Waals surface area contributed by atoms with Crippen LogP contribution in [0.5, 0.6) is 5.75 Å². The second kappa shape index (κ2) is 42.9. The minimum Gasteiger partial charge on any atom is -0.491 e. The maximum atomic E-state index is 11.8. The van der Waals surface area contributed by atoms with Crippen LogP contribution in [0.15, 0.2) is 54.6 Å². The first kappa shape index (κ1) is 53.4. The maximum absolute atomic E-state index is 11.8. The van der Waals surface area contributed by atoms with Gasteiger partial charge in [-0.05, 0) is 42.7 Å². The molecular weight excluding hydrogens is 776 g/mol. The lowest BCUT2D eigenvalue weighted by Gasteiger charge is -2.09. The molecule has 0 aliphatic carbocycles. The second-order valence-electron chi connectivity index (χ2n) is 13.6. The molecule has 2 aromatic rings. The Morgan fingerprint density at radius 3 is 1.08 bits per heavy atom. The highest BCUT2D eigenvalue weighted by Gasteiger charge is 2.05. The van der Waals surface area contributed by atoms with Gasteiger partial charge in [0.2, 0.25) is 0 Å². The molecule has 0 amide bonds. The van der Waals surface area contributed by atoms with E-state index in [4.69, 9.17) is 61.6 Å². The van der Waals surface area contributed by atoms with Gasteiger partial charge in [0, 0.05) is 0 Å². The lowest BCUT2D eigenvalue weighted by Crippen LogP contribution is -2.16. The van der Waals surface area contributed by atoms with Gasteiger partial charge in [0.05, 0.1) is 151 Å². The average Bonchev–Trinajstić information content (AvgIpc) is 3.27. The minimum absolute atomic E-state index is 0.200. The highest BCUT2D eigenvalue weighted by Crippen LogP contribution is 2.15. The molecule has 2 rings (SSSR count). The number of rotatable bonds is 46. The van der Waals surface area contributed by atoms with E-state index in [1.54, 1.807) is 24.3 Å². The number of carbonyl (C=O) groups is 1. The average molecular weight is 853 g/mol. The van der Waals surface area contributed by atoms with Gasteiger partial charge in [-0.25, -0.2) is 4.79 Å². The van der Waals surface area contributed by atoms with E-state index in [2.05, 4.69) is 31.2 Å². The first-order valence-corrected chi connectivity index (χ1v) is 22.1. The van der Waals surface area contributed by atoms with E-state index >= 15 is 0 Å². The molecule has 0 atom stereocenters. The monoisotopic (exact) mass is 853 g/mol. The fraction of sp³-hybridized carbons (Fsp3) is 0.717. The minimum atomic E-state index is -0.357. The lowest BCUT2D eigenvalue weighted by molar-refractivity contribution is -0.0282. The van der Waals surface area contributed by atoms with E-state index in [0.29, 0.717) is 158 Å². The number of aryl methyl sites for hydroxylation is 1. The molecule has 0 N–H and O–H groups in total. The van der Waals surface area contributed by atoms with Crippen LogP contribution in [0.3, 0.4) is 0 Å². The van der Waals surface area contributed by atoms with Gasteiger partial charge in [-0.1, -0.05) is 75.8 Å². The molecule has 0 bridgehead atoms. The van der Waals surface area contributed by atoms with E-state index in [0.717, 1.165) is 12.2 Å². The molecule has 0 aromatic heterocycles. The predicted molar refractivity (Wildman–Crippen MR) is 229 cm³/mol. The first-order valence-electron chi connectivity index (χ1n) is 22.1. The van der Waals surface area contributed by atoms with E-state index < -0.39 is 0 Å². The third-order valence-electron chi connectivity index (χ3n) is 8.68. The molecule has 0 saturated heterocycles. The van der Waals surface area contributed by atoms with Crippen molar-refractivity contribution in [1.29, 1.82) is 0 Å². The Morgan fingerprint density at radius 2 is 0.700 bits per heavy atom. The van der Waals surface area contributed by atoms with E-state index in [1.807, 2.05) is 6.07 Å². The van der Waals surface area contributed by atoms with Crippen molar-refractivity contribution >= 4 is 5.97 Å². The Morgan fingerprint density at radius 1 is 0.367 bits per heavy atom. The highest BCUT2D eigenvalue weighted by atomic mass is 16.6. The van der Waals surface area contributed by atoms with Crippen LogP contribution in [-0.4, -0.2) is 165 Å². The molecule has 14 heteroatoms. The fourth-order valence-electron chi connectivity index (χ4n) is 5.41. The van der Waals surface area contributed by atoms with Crippen LogP contribution >= 0.6 is 0 Å². The Labute approximate surface area is 360 Å². The number of esters is 1. The number of ether oxygens (including phenoxy) is 13. The van der Waals surface area contributed by atoms with Gasteiger partial charge in [0.1, 0.15) is 19.0 Å². The maximum Gasteiger partial charge on any atom is 0.338 e. The van der Waals surface area contributed by atoms with E-state index in [9.17, 15) is 4.79 Å². The smallest absolute Gasteiger partial charge is 0.338 e. The Kier molecular flexibility index (Phi) is 38.2. The largest absolute Gasteiger partial charge is 0.491 e. The predicted octanol–water partition coefficient (Wildman–Crippen LogP) is 6.40. The normalized spacial score (nSPS) is 11.3. The summed E-state index contributed by atoms with van der Waals surface area (Å²) < 4.78 is 71.5. The van der Waals surface area contributed by atoms with Crippen LogP contribution in [0.2, 0.25) is 0 Å². The third-order valence-corrected chi connectivity index (χ3v) is 8.68. The second-order valence-corrected chi connectivity index (χ2v) is 13.6. The van der Waals surface area contributed by atoms with Gasteiger partial charge in [0.25, 0.3) is 0 Å². The standard InChI is InChI=1S/C46H76O14/c1-2-3-4-5-6-7-9-12-43-15-17-45(18-16-43)59-41-39-57-37-35-55-33-31-53-29-27-51-25-23-49-21-19-48-20-22-50-24-26-52-28-30-54-32-34-56-36-38-58-40-42-60-46(47)44-13-10-8-11-14-44/h8,10-11,13-18H,2-7,9,12,19-42H2,1H3. The van der Waals surface area contributed by atoms with Crippen molar-refractivity contribution in [3.8, 4) is 5.75 Å². The Bertz CT molecular complexity index is 1170. The van der Waals surface area contributed by atoms with Crippen molar-refractivity contribution < 1.29 is 66.4 Å². The summed E-state index contributed by atoms with van der Waals surface area (Å²) in [6.07, 6.45) is 10.5. The molecule has 0 fully saturated rings. The molecule has 0 aliphatic heterocycles. The molecule has 2 aromatic carbocycles. The van der Waals surface area contributed by atoms with Crippen molar-refractivity contribution in [2.45, 2.75) is 58.3 Å². The fourth-order valence-corrected chi connectivity index (χ4v) is 5.41. The Hall–Kier alpha value is -2.73. The molecule has 0 radical (unpaired) electrons. The molecule has 60 heavy (non-hydrogen) atoms. The number of hydrogen-bond acceptors (Lipinski definition) is 14. The van der Waals surface area contributed by atoms with Crippen molar-refractivity contribution in [2.24, 2.45) is 0 Å². The van der Waals surface area contributed by atoms with Crippen molar-refractivity contribution in [3.63, 3.8) is 0 Å². The van der Waals surface area contributed by atoms with Crippen molar-refractivity contribution in [3.05, 3.63) is 65.7 Å². The summed E-state index contributed by atoms with van der Waals surface area (Å²) in [6.45, 7) is 13.6. The zero-order valence-electron chi connectivity index (χ0n) is 36.5.